The minimum atomic E-state index is -0.662. The molecule has 0 aromatic heterocycles. The monoisotopic (exact) mass is 508 g/mol. The molecule has 0 fully saturated rings. The Kier molecular flexibility index (Phi) is 34.0. The molecule has 0 aromatic rings. The van der Waals surface area contributed by atoms with Gasteiger partial charge in [-0.1, -0.05) is 122 Å². The van der Waals surface area contributed by atoms with Gasteiger partial charge in [-0.05, 0) is 51.4 Å². The molecule has 0 bridgehead atoms. The zero-order valence-electron chi connectivity index (χ0n) is 24.2. The summed E-state index contributed by atoms with van der Waals surface area (Å²) in [6.45, 7) is 6.52. The minimum Gasteiger partial charge on any atom is -0.481 e. The number of carbonyl (C=O) groups is 2. The van der Waals surface area contributed by atoms with E-state index in [2.05, 4.69) is 38.2 Å². The molecule has 0 atom stereocenters. The molecule has 0 saturated heterocycles. The fourth-order valence-electron chi connectivity index (χ4n) is 3.82. The standard InChI is InChI=1S/2C16H30O2/c1-3-4-5-6-7-8-9-10-11-12-13-14-15-18-16(2)17;1-2-3-4-5-6-7-8-9-10-11-12-13-14-15-16(17)18/h6-7H,3-5,8-15H2,1-2H3;5-6H,2-4,7-15H2,1H3,(H,17,18)/b7-6-;6-5-. The molecule has 0 rings (SSSR count). The van der Waals surface area contributed by atoms with Gasteiger partial charge in [-0.15, -0.1) is 0 Å². The van der Waals surface area contributed by atoms with Crippen LogP contribution in [0.2, 0.25) is 0 Å². The SMILES string of the molecule is CCCC/C=C\CCCCCCCCCC(=O)O.CCCC/C=C\CCCCCCCCOC(C)=O. The first kappa shape index (κ1) is 36.6. The van der Waals surface area contributed by atoms with E-state index in [-0.39, 0.29) is 5.97 Å². The number of aliphatic carboxylic acids is 1. The molecule has 0 unspecified atom stereocenters. The highest BCUT2D eigenvalue weighted by molar-refractivity contribution is 5.66. The summed E-state index contributed by atoms with van der Waals surface area (Å²) < 4.78 is 4.89. The molecular weight excluding hydrogens is 448 g/mol. The molecule has 0 spiro atoms. The molecule has 0 aliphatic heterocycles. The number of esters is 1. The van der Waals surface area contributed by atoms with E-state index in [9.17, 15) is 9.59 Å². The lowest BCUT2D eigenvalue weighted by Crippen LogP contribution is -1.99. The smallest absolute Gasteiger partial charge is 0.303 e. The summed E-state index contributed by atoms with van der Waals surface area (Å²) in [7, 11) is 0. The molecule has 0 aromatic carbocycles. The molecule has 1 N–H and O–H groups in total. The van der Waals surface area contributed by atoms with Crippen LogP contribution in [0.15, 0.2) is 24.3 Å². The highest BCUT2D eigenvalue weighted by Gasteiger charge is 1.96. The predicted octanol–water partition coefficient (Wildman–Crippen LogP) is 10.4. The average Bonchev–Trinajstić information content (AvgIpc) is 2.85. The predicted molar refractivity (Wildman–Crippen MR) is 155 cm³/mol. The van der Waals surface area contributed by atoms with E-state index >= 15 is 0 Å². The number of carboxylic acid groups (broad SMARTS) is 1. The number of unbranched alkanes of at least 4 members (excludes halogenated alkanes) is 17. The van der Waals surface area contributed by atoms with Crippen LogP contribution in [-0.4, -0.2) is 23.7 Å². The van der Waals surface area contributed by atoms with Gasteiger partial charge in [0.15, 0.2) is 0 Å². The Morgan fingerprint density at radius 2 is 0.917 bits per heavy atom. The van der Waals surface area contributed by atoms with Crippen molar-refractivity contribution >= 4 is 11.9 Å². The molecule has 4 nitrogen and oxygen atoms in total. The van der Waals surface area contributed by atoms with Gasteiger partial charge >= 0.3 is 11.9 Å². The third kappa shape index (κ3) is 39.6. The molecule has 0 amide bonds. The summed E-state index contributed by atoms with van der Waals surface area (Å²) in [5.74, 6) is -0.824. The van der Waals surface area contributed by atoms with Crippen LogP contribution in [0.4, 0.5) is 0 Å². The van der Waals surface area contributed by atoms with Gasteiger partial charge in [-0.3, -0.25) is 9.59 Å². The number of carboxylic acids is 1. The molecule has 36 heavy (non-hydrogen) atoms. The van der Waals surface area contributed by atoms with Crippen LogP contribution in [0.5, 0.6) is 0 Å². The maximum absolute atomic E-state index is 10.5. The van der Waals surface area contributed by atoms with Crippen LogP contribution >= 0.6 is 0 Å². The van der Waals surface area contributed by atoms with Crippen LogP contribution in [0, 0.1) is 0 Å². The Bertz CT molecular complexity index is 464. The topological polar surface area (TPSA) is 63.6 Å². The van der Waals surface area contributed by atoms with Crippen molar-refractivity contribution in [3.05, 3.63) is 24.3 Å². The van der Waals surface area contributed by atoms with E-state index in [0.717, 1.165) is 19.3 Å². The van der Waals surface area contributed by atoms with Crippen molar-refractivity contribution in [2.24, 2.45) is 0 Å². The summed E-state index contributed by atoms with van der Waals surface area (Å²) in [5, 5.41) is 8.48. The van der Waals surface area contributed by atoms with Crippen LogP contribution in [0.1, 0.15) is 162 Å². The molecule has 0 radical (unpaired) electrons. The lowest BCUT2D eigenvalue weighted by Gasteiger charge is -2.02. The summed E-state index contributed by atoms with van der Waals surface area (Å²) in [6, 6.07) is 0. The van der Waals surface area contributed by atoms with Crippen molar-refractivity contribution in [3.8, 4) is 0 Å². The van der Waals surface area contributed by atoms with Crippen molar-refractivity contribution in [2.45, 2.75) is 162 Å². The average molecular weight is 509 g/mol. The van der Waals surface area contributed by atoms with Gasteiger partial charge in [0, 0.05) is 13.3 Å². The second kappa shape index (κ2) is 33.4. The van der Waals surface area contributed by atoms with Gasteiger partial charge in [0.25, 0.3) is 0 Å². The Hall–Kier alpha value is -1.58. The Balaban J connectivity index is 0. The largest absolute Gasteiger partial charge is 0.481 e. The highest BCUT2D eigenvalue weighted by atomic mass is 16.5. The van der Waals surface area contributed by atoms with Gasteiger partial charge in [0.05, 0.1) is 6.61 Å². The third-order valence-electron chi connectivity index (χ3n) is 6.11. The number of hydrogen-bond acceptors (Lipinski definition) is 3. The number of rotatable bonds is 25. The van der Waals surface area contributed by atoms with E-state index in [0.29, 0.717) is 13.0 Å². The second-order valence-corrected chi connectivity index (χ2v) is 9.88. The first-order valence-electron chi connectivity index (χ1n) is 15.2. The first-order valence-corrected chi connectivity index (χ1v) is 15.2. The van der Waals surface area contributed by atoms with E-state index in [1.54, 1.807) is 0 Å². The van der Waals surface area contributed by atoms with E-state index < -0.39 is 5.97 Å². The Morgan fingerprint density at radius 1 is 0.556 bits per heavy atom. The van der Waals surface area contributed by atoms with E-state index in [1.165, 1.54) is 122 Å². The summed E-state index contributed by atoms with van der Waals surface area (Å²) >= 11 is 0. The van der Waals surface area contributed by atoms with E-state index in [1.807, 2.05) is 0 Å². The van der Waals surface area contributed by atoms with Crippen molar-refractivity contribution in [2.75, 3.05) is 6.61 Å². The number of ether oxygens (including phenoxy) is 1. The van der Waals surface area contributed by atoms with Gasteiger partial charge in [-0.25, -0.2) is 0 Å². The lowest BCUT2D eigenvalue weighted by molar-refractivity contribution is -0.141. The molecule has 212 valence electrons. The highest BCUT2D eigenvalue weighted by Crippen LogP contribution is 2.10. The summed E-state index contributed by atoms with van der Waals surface area (Å²) in [6.07, 6.45) is 35.5. The molecule has 0 heterocycles. The number of allylic oxidation sites excluding steroid dienone is 4. The molecule has 0 saturated carbocycles. The van der Waals surface area contributed by atoms with Gasteiger partial charge in [0.2, 0.25) is 0 Å². The van der Waals surface area contributed by atoms with Crippen molar-refractivity contribution in [1.29, 1.82) is 0 Å². The molecule has 4 heteroatoms. The molecule has 0 aliphatic carbocycles. The quantitative estimate of drug-likeness (QED) is 0.0756. The van der Waals surface area contributed by atoms with Gasteiger partial charge in [-0.2, -0.15) is 0 Å². The second-order valence-electron chi connectivity index (χ2n) is 9.88. The van der Waals surface area contributed by atoms with Crippen molar-refractivity contribution in [1.82, 2.24) is 0 Å². The zero-order valence-corrected chi connectivity index (χ0v) is 24.2. The molecule has 0 aliphatic rings. The van der Waals surface area contributed by atoms with Crippen LogP contribution in [-0.2, 0) is 14.3 Å². The fraction of sp³-hybridized carbons (Fsp3) is 0.812. The molecular formula is C32H60O4. The Labute approximate surface area is 224 Å². The van der Waals surface area contributed by atoms with Gasteiger partial charge in [0.1, 0.15) is 0 Å². The lowest BCUT2D eigenvalue weighted by atomic mass is 10.1. The van der Waals surface area contributed by atoms with Crippen molar-refractivity contribution in [3.63, 3.8) is 0 Å². The first-order chi connectivity index (χ1) is 17.5. The summed E-state index contributed by atoms with van der Waals surface area (Å²) in [5.41, 5.74) is 0. The van der Waals surface area contributed by atoms with Crippen LogP contribution in [0.3, 0.4) is 0 Å². The van der Waals surface area contributed by atoms with Crippen LogP contribution < -0.4 is 0 Å². The summed E-state index contributed by atoms with van der Waals surface area (Å²) in [4.78, 5) is 20.8. The fourth-order valence-corrected chi connectivity index (χ4v) is 3.82. The third-order valence-corrected chi connectivity index (χ3v) is 6.11. The zero-order chi connectivity index (χ0) is 27.0. The Morgan fingerprint density at radius 3 is 1.31 bits per heavy atom. The van der Waals surface area contributed by atoms with Crippen LogP contribution in [0.25, 0.3) is 0 Å². The number of carbonyl (C=O) groups excluding carboxylic acids is 1. The normalized spacial score (nSPS) is 11.1. The minimum absolute atomic E-state index is 0.162. The van der Waals surface area contributed by atoms with Gasteiger partial charge < -0.3 is 9.84 Å². The maximum atomic E-state index is 10.5. The van der Waals surface area contributed by atoms with E-state index in [4.69, 9.17) is 9.84 Å². The number of hydrogen-bond donors (Lipinski definition) is 1. The van der Waals surface area contributed by atoms with Crippen molar-refractivity contribution < 1.29 is 19.4 Å². The maximum Gasteiger partial charge on any atom is 0.303 e.